The SMILES string of the molecule is CN=C(NCCN1CCCC(C)C1)NC1CCN(C(C)C)CC1.I. The Morgan fingerprint density at radius 2 is 1.88 bits per heavy atom. The van der Waals surface area contributed by atoms with E-state index in [1.54, 1.807) is 0 Å². The van der Waals surface area contributed by atoms with E-state index in [0.717, 1.165) is 25.0 Å². The van der Waals surface area contributed by atoms with Crippen LogP contribution in [0.4, 0.5) is 0 Å². The van der Waals surface area contributed by atoms with E-state index < -0.39 is 0 Å². The van der Waals surface area contributed by atoms with Crippen LogP contribution in [0.5, 0.6) is 0 Å². The summed E-state index contributed by atoms with van der Waals surface area (Å²) in [6.45, 7) is 13.9. The Kier molecular flexibility index (Phi) is 10.5. The van der Waals surface area contributed by atoms with E-state index in [0.29, 0.717) is 12.1 Å². The van der Waals surface area contributed by atoms with Crippen LogP contribution in [0, 0.1) is 5.92 Å². The highest BCUT2D eigenvalue weighted by Gasteiger charge is 2.21. The number of piperidine rings is 2. The Morgan fingerprint density at radius 3 is 2.46 bits per heavy atom. The van der Waals surface area contributed by atoms with Crippen LogP contribution in [0.3, 0.4) is 0 Å². The molecule has 2 saturated heterocycles. The van der Waals surface area contributed by atoms with Crippen molar-refractivity contribution in [3.05, 3.63) is 0 Å². The molecular formula is C18H38IN5. The number of aliphatic imine (C=N–C) groups is 1. The summed E-state index contributed by atoms with van der Waals surface area (Å²) in [6.07, 6.45) is 5.16. The Hall–Kier alpha value is -0.0800. The van der Waals surface area contributed by atoms with Gasteiger partial charge in [-0.2, -0.15) is 0 Å². The molecular weight excluding hydrogens is 413 g/mol. The highest BCUT2D eigenvalue weighted by Crippen LogP contribution is 2.14. The van der Waals surface area contributed by atoms with Gasteiger partial charge in [0.15, 0.2) is 5.96 Å². The van der Waals surface area contributed by atoms with E-state index in [1.807, 2.05) is 7.05 Å². The van der Waals surface area contributed by atoms with Crippen molar-refractivity contribution in [3.63, 3.8) is 0 Å². The standard InChI is InChI=1S/C18H37N5.HI/c1-15(2)23-11-7-17(8-12-23)21-18(19-4)20-9-13-22-10-5-6-16(3)14-22;/h15-17H,5-14H2,1-4H3,(H2,19,20,21);1H. The maximum Gasteiger partial charge on any atom is 0.191 e. The third kappa shape index (κ3) is 7.44. The average molecular weight is 451 g/mol. The summed E-state index contributed by atoms with van der Waals surface area (Å²) in [5, 5.41) is 7.10. The highest BCUT2D eigenvalue weighted by molar-refractivity contribution is 14.0. The van der Waals surface area contributed by atoms with Gasteiger partial charge in [-0.05, 0) is 52.0 Å². The first kappa shape index (κ1) is 22.0. The second-order valence-electron chi connectivity index (χ2n) is 7.60. The third-order valence-electron chi connectivity index (χ3n) is 5.29. The molecule has 0 amide bonds. The zero-order chi connectivity index (χ0) is 16.7. The van der Waals surface area contributed by atoms with E-state index in [-0.39, 0.29) is 24.0 Å². The minimum atomic E-state index is 0. The molecule has 2 N–H and O–H groups in total. The molecule has 5 nitrogen and oxygen atoms in total. The summed E-state index contributed by atoms with van der Waals surface area (Å²) in [7, 11) is 1.88. The van der Waals surface area contributed by atoms with E-state index >= 15 is 0 Å². The lowest BCUT2D eigenvalue weighted by Crippen LogP contribution is -2.51. The number of rotatable bonds is 5. The maximum atomic E-state index is 4.40. The van der Waals surface area contributed by atoms with E-state index in [9.17, 15) is 0 Å². The number of hydrogen-bond donors (Lipinski definition) is 2. The lowest BCUT2D eigenvalue weighted by molar-refractivity contribution is 0.167. The third-order valence-corrected chi connectivity index (χ3v) is 5.29. The van der Waals surface area contributed by atoms with E-state index in [4.69, 9.17) is 0 Å². The largest absolute Gasteiger partial charge is 0.355 e. The smallest absolute Gasteiger partial charge is 0.191 e. The second kappa shape index (κ2) is 11.5. The topological polar surface area (TPSA) is 42.9 Å². The summed E-state index contributed by atoms with van der Waals surface area (Å²) in [6, 6.07) is 1.23. The van der Waals surface area contributed by atoms with Gasteiger partial charge in [-0.1, -0.05) is 6.92 Å². The van der Waals surface area contributed by atoms with Gasteiger partial charge in [0.05, 0.1) is 0 Å². The van der Waals surface area contributed by atoms with Gasteiger partial charge in [0.1, 0.15) is 0 Å². The van der Waals surface area contributed by atoms with Crippen LogP contribution in [0.15, 0.2) is 4.99 Å². The Balaban J connectivity index is 0.00000288. The molecule has 2 heterocycles. The van der Waals surface area contributed by atoms with Gasteiger partial charge in [0.2, 0.25) is 0 Å². The maximum absolute atomic E-state index is 4.40. The fourth-order valence-corrected chi connectivity index (χ4v) is 3.77. The lowest BCUT2D eigenvalue weighted by Gasteiger charge is -2.35. The molecule has 142 valence electrons. The number of nitrogens with zero attached hydrogens (tertiary/aromatic N) is 3. The molecule has 0 saturated carbocycles. The molecule has 0 bridgehead atoms. The summed E-state index contributed by atoms with van der Waals surface area (Å²) in [4.78, 5) is 9.54. The zero-order valence-corrected chi connectivity index (χ0v) is 18.4. The van der Waals surface area contributed by atoms with Crippen molar-refractivity contribution < 1.29 is 0 Å². The van der Waals surface area contributed by atoms with Crippen LogP contribution in [-0.2, 0) is 0 Å². The van der Waals surface area contributed by atoms with Crippen LogP contribution < -0.4 is 10.6 Å². The first-order chi connectivity index (χ1) is 11.1. The number of likely N-dealkylation sites (tertiary alicyclic amines) is 2. The Bertz CT molecular complexity index is 366. The first-order valence-electron chi connectivity index (χ1n) is 9.52. The van der Waals surface area contributed by atoms with Crippen molar-refractivity contribution in [1.29, 1.82) is 0 Å². The molecule has 6 heteroatoms. The summed E-state index contributed by atoms with van der Waals surface area (Å²) >= 11 is 0. The normalized spacial score (nSPS) is 24.7. The van der Waals surface area contributed by atoms with Crippen molar-refractivity contribution in [1.82, 2.24) is 20.4 Å². The molecule has 2 aliphatic heterocycles. The Morgan fingerprint density at radius 1 is 1.17 bits per heavy atom. The second-order valence-corrected chi connectivity index (χ2v) is 7.60. The fraction of sp³-hybridized carbons (Fsp3) is 0.944. The average Bonchev–Trinajstić information content (AvgIpc) is 2.54. The van der Waals surface area contributed by atoms with Gasteiger partial charge in [0, 0.05) is 51.9 Å². The first-order valence-corrected chi connectivity index (χ1v) is 9.52. The molecule has 0 radical (unpaired) electrons. The predicted molar refractivity (Wildman–Crippen MR) is 114 cm³/mol. The van der Waals surface area contributed by atoms with Crippen LogP contribution in [0.2, 0.25) is 0 Å². The zero-order valence-electron chi connectivity index (χ0n) is 16.1. The van der Waals surface area contributed by atoms with Gasteiger partial charge in [-0.25, -0.2) is 0 Å². The number of halogens is 1. The minimum absolute atomic E-state index is 0. The van der Waals surface area contributed by atoms with Gasteiger partial charge in [-0.3, -0.25) is 4.99 Å². The van der Waals surface area contributed by atoms with Crippen molar-refractivity contribution >= 4 is 29.9 Å². The Labute approximate surface area is 166 Å². The van der Waals surface area contributed by atoms with Crippen molar-refractivity contribution in [3.8, 4) is 0 Å². The number of hydrogen-bond acceptors (Lipinski definition) is 3. The number of guanidine groups is 1. The number of nitrogens with one attached hydrogen (secondary N) is 2. The van der Waals surface area contributed by atoms with Crippen LogP contribution in [0.1, 0.15) is 46.5 Å². The molecule has 0 aromatic carbocycles. The molecule has 1 atom stereocenters. The van der Waals surface area contributed by atoms with Crippen LogP contribution in [0.25, 0.3) is 0 Å². The molecule has 0 aliphatic carbocycles. The summed E-state index contributed by atoms with van der Waals surface area (Å²) in [5.74, 6) is 1.82. The molecule has 0 spiro atoms. The monoisotopic (exact) mass is 451 g/mol. The minimum Gasteiger partial charge on any atom is -0.355 e. The van der Waals surface area contributed by atoms with E-state index in [1.165, 1.54) is 51.9 Å². The van der Waals surface area contributed by atoms with Gasteiger partial charge < -0.3 is 20.4 Å². The molecule has 2 fully saturated rings. The summed E-state index contributed by atoms with van der Waals surface area (Å²) < 4.78 is 0. The van der Waals surface area contributed by atoms with Gasteiger partial charge in [-0.15, -0.1) is 24.0 Å². The molecule has 1 unspecified atom stereocenters. The van der Waals surface area contributed by atoms with Gasteiger partial charge >= 0.3 is 0 Å². The fourth-order valence-electron chi connectivity index (χ4n) is 3.77. The highest BCUT2D eigenvalue weighted by atomic mass is 127. The quantitative estimate of drug-likeness (QED) is 0.383. The molecule has 24 heavy (non-hydrogen) atoms. The summed E-state index contributed by atoms with van der Waals surface area (Å²) in [5.41, 5.74) is 0. The van der Waals surface area contributed by atoms with Gasteiger partial charge in [0.25, 0.3) is 0 Å². The van der Waals surface area contributed by atoms with Crippen molar-refractivity contribution in [2.75, 3.05) is 46.3 Å². The predicted octanol–water partition coefficient (Wildman–Crippen LogP) is 2.37. The van der Waals surface area contributed by atoms with Crippen molar-refractivity contribution in [2.45, 2.75) is 58.5 Å². The van der Waals surface area contributed by atoms with Crippen LogP contribution >= 0.6 is 24.0 Å². The molecule has 0 aromatic rings. The van der Waals surface area contributed by atoms with Crippen LogP contribution in [-0.4, -0.2) is 74.2 Å². The van der Waals surface area contributed by atoms with Crippen molar-refractivity contribution in [2.24, 2.45) is 10.9 Å². The molecule has 2 aliphatic rings. The lowest BCUT2D eigenvalue weighted by atomic mass is 10.0. The molecule has 2 rings (SSSR count). The molecule has 0 aromatic heterocycles. The van der Waals surface area contributed by atoms with E-state index in [2.05, 4.69) is 46.2 Å².